The molecule has 2 atom stereocenters. The van der Waals surface area contributed by atoms with E-state index in [1.807, 2.05) is 21.6 Å². The number of aliphatic hydroxyl groups is 1. The van der Waals surface area contributed by atoms with E-state index < -0.39 is 5.60 Å². The maximum Gasteiger partial charge on any atom is 0.156 e. The Bertz CT molecular complexity index is 1720. The summed E-state index contributed by atoms with van der Waals surface area (Å²) in [4.78, 5) is 15.9. The predicted octanol–water partition coefficient (Wildman–Crippen LogP) is 4.03. The van der Waals surface area contributed by atoms with Crippen LogP contribution in [0.1, 0.15) is 42.8 Å². The molecule has 2 aliphatic rings. The molecule has 41 heavy (non-hydrogen) atoms. The van der Waals surface area contributed by atoms with Gasteiger partial charge >= 0.3 is 0 Å². The maximum atomic E-state index is 13.3. The van der Waals surface area contributed by atoms with Gasteiger partial charge in [0.05, 0.1) is 18.8 Å². The third-order valence-electron chi connectivity index (χ3n) is 8.02. The van der Waals surface area contributed by atoms with Crippen LogP contribution < -0.4 is 4.90 Å². The van der Waals surface area contributed by atoms with Gasteiger partial charge in [-0.2, -0.15) is 10.2 Å². The summed E-state index contributed by atoms with van der Waals surface area (Å²) in [5.74, 6) is 1.15. The Morgan fingerprint density at radius 1 is 1.00 bits per heavy atom. The Balaban J connectivity index is 1.08. The summed E-state index contributed by atoms with van der Waals surface area (Å²) in [5, 5.41) is 20.1. The number of aromatic nitrogens is 7. The standard InChI is InChI=1S/C30H29FN8O2/c1-30(40,23-2-4-25(31)5-3-23)24-14-32-28(33-15-24)20-6-9-37(10-7-20)29-27-12-21(16-39(27)36-19-34-29)22-13-35-38(17-22)26-8-11-41-18-26/h2-6,12-17,19,26,40H,7-11,18H2,1H3/t26?,30-/m0/s1. The lowest BCUT2D eigenvalue weighted by Gasteiger charge is -2.27. The highest BCUT2D eigenvalue weighted by molar-refractivity contribution is 5.78. The number of benzene rings is 1. The number of hydrogen-bond donors (Lipinski definition) is 1. The molecule has 10 nitrogen and oxygen atoms in total. The second-order valence-electron chi connectivity index (χ2n) is 10.7. The normalized spacial score (nSPS) is 19.0. The van der Waals surface area contributed by atoms with Gasteiger partial charge in [0.1, 0.15) is 23.3 Å². The van der Waals surface area contributed by atoms with E-state index in [0.717, 1.165) is 54.0 Å². The lowest BCUT2D eigenvalue weighted by Crippen LogP contribution is -2.30. The lowest BCUT2D eigenvalue weighted by molar-refractivity contribution is 0.101. The fraction of sp³-hybridized carbons (Fsp3) is 0.300. The molecular formula is C30H29FN8O2. The van der Waals surface area contributed by atoms with Crippen LogP contribution in [0.3, 0.4) is 0 Å². The molecule has 5 aromatic rings. The molecular weight excluding hydrogens is 523 g/mol. The summed E-state index contributed by atoms with van der Waals surface area (Å²) in [7, 11) is 0. The Morgan fingerprint density at radius 2 is 1.83 bits per heavy atom. The largest absolute Gasteiger partial charge is 0.381 e. The van der Waals surface area contributed by atoms with Crippen LogP contribution in [-0.4, -0.2) is 65.8 Å². The third kappa shape index (κ3) is 4.76. The summed E-state index contributed by atoms with van der Waals surface area (Å²) in [6, 6.07) is 8.19. The van der Waals surface area contributed by atoms with Crippen LogP contribution >= 0.6 is 0 Å². The van der Waals surface area contributed by atoms with Crippen LogP contribution in [0, 0.1) is 5.82 Å². The first-order valence-corrected chi connectivity index (χ1v) is 13.7. The zero-order chi connectivity index (χ0) is 28.0. The Hall–Kier alpha value is -4.48. The van der Waals surface area contributed by atoms with Crippen molar-refractivity contribution >= 4 is 16.9 Å². The monoisotopic (exact) mass is 552 g/mol. The molecule has 11 heteroatoms. The van der Waals surface area contributed by atoms with E-state index >= 15 is 0 Å². The van der Waals surface area contributed by atoms with Gasteiger partial charge in [-0.3, -0.25) is 4.68 Å². The van der Waals surface area contributed by atoms with Crippen molar-refractivity contribution in [1.29, 1.82) is 0 Å². The molecule has 1 saturated heterocycles. The van der Waals surface area contributed by atoms with Gasteiger partial charge in [-0.1, -0.05) is 18.2 Å². The third-order valence-corrected chi connectivity index (χ3v) is 8.02. The van der Waals surface area contributed by atoms with Crippen LogP contribution in [-0.2, 0) is 10.3 Å². The fourth-order valence-electron chi connectivity index (χ4n) is 5.49. The minimum atomic E-state index is -1.33. The van der Waals surface area contributed by atoms with E-state index in [0.29, 0.717) is 30.1 Å². The molecule has 0 spiro atoms. The maximum absolute atomic E-state index is 13.3. The van der Waals surface area contributed by atoms with Crippen LogP contribution in [0.15, 0.2) is 73.7 Å². The average Bonchev–Trinajstić information content (AvgIpc) is 3.78. The molecule has 6 heterocycles. The van der Waals surface area contributed by atoms with E-state index in [1.54, 1.807) is 37.8 Å². The SMILES string of the molecule is C[C@](O)(c1ccc(F)cc1)c1cnc(C2=CCN(c3ncnn4cc(-c5cnn(C6CCOC6)c5)cc34)CC2)nc1. The molecule has 1 unspecified atom stereocenters. The molecule has 2 aliphatic heterocycles. The lowest BCUT2D eigenvalue weighted by atomic mass is 9.90. The summed E-state index contributed by atoms with van der Waals surface area (Å²) in [6.45, 7) is 4.53. The van der Waals surface area contributed by atoms with Gasteiger partial charge in [0.15, 0.2) is 11.6 Å². The summed E-state index contributed by atoms with van der Waals surface area (Å²) < 4.78 is 22.7. The van der Waals surface area contributed by atoms with Crippen molar-refractivity contribution in [2.75, 3.05) is 31.2 Å². The van der Waals surface area contributed by atoms with Crippen molar-refractivity contribution in [3.8, 4) is 11.1 Å². The van der Waals surface area contributed by atoms with E-state index in [9.17, 15) is 9.50 Å². The molecule has 0 saturated carbocycles. The first-order chi connectivity index (χ1) is 20.0. The molecule has 1 N–H and O–H groups in total. The molecule has 0 amide bonds. The van der Waals surface area contributed by atoms with Crippen molar-refractivity contribution < 1.29 is 14.2 Å². The van der Waals surface area contributed by atoms with Crippen molar-refractivity contribution in [3.05, 3.63) is 96.5 Å². The van der Waals surface area contributed by atoms with Gasteiger partial charge in [0.25, 0.3) is 0 Å². The molecule has 1 aromatic carbocycles. The Kier molecular flexibility index (Phi) is 6.32. The molecule has 4 aromatic heterocycles. The second kappa shape index (κ2) is 10.2. The summed E-state index contributed by atoms with van der Waals surface area (Å²) in [5.41, 5.74) is 3.83. The van der Waals surface area contributed by atoms with Gasteiger partial charge in [-0.25, -0.2) is 23.9 Å². The van der Waals surface area contributed by atoms with Gasteiger partial charge in [-0.15, -0.1) is 0 Å². The van der Waals surface area contributed by atoms with Crippen molar-refractivity contribution in [1.82, 2.24) is 34.3 Å². The minimum absolute atomic E-state index is 0.286. The smallest absolute Gasteiger partial charge is 0.156 e. The fourth-order valence-corrected chi connectivity index (χ4v) is 5.49. The number of rotatable bonds is 6. The van der Waals surface area contributed by atoms with Gasteiger partial charge in [0, 0.05) is 61.2 Å². The molecule has 0 aliphatic carbocycles. The second-order valence-corrected chi connectivity index (χ2v) is 10.7. The summed E-state index contributed by atoms with van der Waals surface area (Å²) >= 11 is 0. The molecule has 0 bridgehead atoms. The zero-order valence-corrected chi connectivity index (χ0v) is 22.6. The quantitative estimate of drug-likeness (QED) is 0.337. The van der Waals surface area contributed by atoms with E-state index in [-0.39, 0.29) is 11.9 Å². The van der Waals surface area contributed by atoms with Gasteiger partial charge in [-0.05, 0) is 49.1 Å². The number of hydrogen-bond acceptors (Lipinski definition) is 8. The number of anilines is 1. The Labute approximate surface area is 235 Å². The molecule has 1 fully saturated rings. The minimum Gasteiger partial charge on any atom is -0.381 e. The van der Waals surface area contributed by atoms with Crippen molar-refractivity contribution in [3.63, 3.8) is 0 Å². The number of halogens is 1. The van der Waals surface area contributed by atoms with Gasteiger partial charge < -0.3 is 14.7 Å². The van der Waals surface area contributed by atoms with Crippen molar-refractivity contribution in [2.45, 2.75) is 31.4 Å². The van der Waals surface area contributed by atoms with Crippen LogP contribution in [0.5, 0.6) is 0 Å². The van der Waals surface area contributed by atoms with Crippen LogP contribution in [0.2, 0.25) is 0 Å². The summed E-state index contributed by atoms with van der Waals surface area (Å²) in [6.07, 6.45) is 14.7. The topological polar surface area (TPSA) is 106 Å². The molecule has 208 valence electrons. The van der Waals surface area contributed by atoms with E-state index in [2.05, 4.69) is 48.4 Å². The van der Waals surface area contributed by atoms with Gasteiger partial charge in [0.2, 0.25) is 0 Å². The predicted molar refractivity (Wildman–Crippen MR) is 151 cm³/mol. The van der Waals surface area contributed by atoms with E-state index in [4.69, 9.17) is 4.74 Å². The Morgan fingerprint density at radius 3 is 2.56 bits per heavy atom. The number of nitrogens with zero attached hydrogens (tertiary/aromatic N) is 8. The van der Waals surface area contributed by atoms with Crippen LogP contribution in [0.25, 0.3) is 22.2 Å². The number of fused-ring (bicyclic) bond motifs is 1. The highest BCUT2D eigenvalue weighted by Crippen LogP contribution is 2.32. The average molecular weight is 553 g/mol. The first kappa shape index (κ1) is 25.5. The highest BCUT2D eigenvalue weighted by atomic mass is 19.1. The first-order valence-electron chi connectivity index (χ1n) is 13.7. The highest BCUT2D eigenvalue weighted by Gasteiger charge is 2.27. The van der Waals surface area contributed by atoms with Crippen molar-refractivity contribution in [2.24, 2.45) is 0 Å². The number of ether oxygens (including phenoxy) is 1. The molecule has 7 rings (SSSR count). The van der Waals surface area contributed by atoms with E-state index in [1.165, 1.54) is 12.1 Å². The molecule has 0 radical (unpaired) electrons. The zero-order valence-electron chi connectivity index (χ0n) is 22.6. The van der Waals surface area contributed by atoms with Crippen LogP contribution in [0.4, 0.5) is 10.2 Å².